The molecule has 166 valence electrons. The molecule has 0 amide bonds. The predicted molar refractivity (Wildman–Crippen MR) is 122 cm³/mol. The normalized spacial score (nSPS) is 15.8. The van der Waals surface area contributed by atoms with Gasteiger partial charge in [0, 0.05) is 18.2 Å². The third kappa shape index (κ3) is 4.92. The number of benzene rings is 2. The maximum absolute atomic E-state index is 12.5. The van der Waals surface area contributed by atoms with Crippen LogP contribution >= 0.6 is 11.8 Å². The van der Waals surface area contributed by atoms with Gasteiger partial charge < -0.3 is 19.3 Å². The number of nitrogens with zero attached hydrogens (tertiary/aromatic N) is 2. The number of aliphatic imine (C=N–C) groups is 1. The molecule has 1 aliphatic rings. The number of methoxy groups -OCH3 is 2. The van der Waals surface area contributed by atoms with Gasteiger partial charge in [0.15, 0.2) is 11.5 Å². The minimum atomic E-state index is -0.705. The molecule has 0 atom stereocenters. The zero-order chi connectivity index (χ0) is 23.3. The zero-order valence-corrected chi connectivity index (χ0v) is 18.3. The first-order valence-corrected chi connectivity index (χ1v) is 10.2. The molecule has 0 fully saturated rings. The van der Waals surface area contributed by atoms with Gasteiger partial charge in [-0.1, -0.05) is 11.8 Å². The molecule has 2 aromatic rings. The number of non-ortho nitro benzene ring substituents is 1. The Hall–Kier alpha value is -3.79. The van der Waals surface area contributed by atoms with E-state index in [2.05, 4.69) is 4.99 Å². The fourth-order valence-corrected chi connectivity index (χ4v) is 3.88. The van der Waals surface area contributed by atoms with Crippen LogP contribution in [0.25, 0.3) is 6.08 Å². The quantitative estimate of drug-likeness (QED) is 0.358. The second-order valence-electron chi connectivity index (χ2n) is 6.36. The summed E-state index contributed by atoms with van der Waals surface area (Å²) in [6, 6.07) is 10.8. The molecule has 3 rings (SSSR count). The van der Waals surface area contributed by atoms with Crippen LogP contribution in [0, 0.1) is 10.1 Å². The number of nitro benzene ring substituents is 1. The highest BCUT2D eigenvalue weighted by molar-refractivity contribution is 8.18. The minimum absolute atomic E-state index is 0.0473. The van der Waals surface area contributed by atoms with Gasteiger partial charge in [-0.25, -0.2) is 9.79 Å². The summed E-state index contributed by atoms with van der Waals surface area (Å²) in [6.07, 6.45) is 1.61. The molecule has 0 unspecified atom stereocenters. The van der Waals surface area contributed by atoms with E-state index in [0.29, 0.717) is 27.7 Å². The third-order valence-corrected chi connectivity index (χ3v) is 5.39. The topological polar surface area (TPSA) is 120 Å². The lowest BCUT2D eigenvalue weighted by Crippen LogP contribution is -2.12. The van der Waals surface area contributed by atoms with Gasteiger partial charge in [0.2, 0.25) is 0 Å². The van der Waals surface area contributed by atoms with E-state index in [-0.39, 0.29) is 28.7 Å². The summed E-state index contributed by atoms with van der Waals surface area (Å²) in [6.45, 7) is 1.79. The van der Waals surface area contributed by atoms with Gasteiger partial charge in [-0.15, -0.1) is 0 Å². The average molecular weight is 456 g/mol. The second-order valence-corrected chi connectivity index (χ2v) is 7.39. The molecular weight excluding hydrogens is 436 g/mol. The molecule has 10 heteroatoms. The van der Waals surface area contributed by atoms with Gasteiger partial charge in [0.25, 0.3) is 5.69 Å². The van der Waals surface area contributed by atoms with Gasteiger partial charge in [0.05, 0.1) is 36.3 Å². The van der Waals surface area contributed by atoms with E-state index in [1.165, 1.54) is 26.4 Å². The van der Waals surface area contributed by atoms with Crippen LogP contribution in [-0.4, -0.2) is 41.9 Å². The first-order chi connectivity index (χ1) is 15.4. The molecule has 0 saturated heterocycles. The molecule has 1 N–H and O–H groups in total. The number of carbonyl (C=O) groups is 1. The minimum Gasteiger partial charge on any atom is -0.506 e. The summed E-state index contributed by atoms with van der Waals surface area (Å²) in [5.74, 6) is 0.0121. The Morgan fingerprint density at radius 2 is 1.84 bits per heavy atom. The number of hydrogen-bond acceptors (Lipinski definition) is 9. The van der Waals surface area contributed by atoms with Crippen molar-refractivity contribution in [2.75, 3.05) is 20.8 Å². The average Bonchev–Trinajstić information content (AvgIpc) is 3.08. The number of carbonyl (C=O) groups excluding carboxylic acids is 1. The number of esters is 1. The van der Waals surface area contributed by atoms with Crippen molar-refractivity contribution in [3.63, 3.8) is 0 Å². The van der Waals surface area contributed by atoms with Crippen LogP contribution in [-0.2, 0) is 9.53 Å². The lowest BCUT2D eigenvalue weighted by Gasteiger charge is -2.08. The van der Waals surface area contributed by atoms with Crippen molar-refractivity contribution in [1.29, 1.82) is 0 Å². The highest BCUT2D eigenvalue weighted by atomic mass is 32.2. The van der Waals surface area contributed by atoms with E-state index in [1.807, 2.05) is 0 Å². The van der Waals surface area contributed by atoms with E-state index >= 15 is 0 Å². The van der Waals surface area contributed by atoms with Gasteiger partial charge in [-0.05, 0) is 42.8 Å². The number of aliphatic hydroxyl groups is 1. The molecule has 0 bridgehead atoms. The van der Waals surface area contributed by atoms with Gasteiger partial charge in [0.1, 0.15) is 16.4 Å². The number of rotatable bonds is 7. The van der Waals surface area contributed by atoms with E-state index in [0.717, 1.165) is 11.8 Å². The Morgan fingerprint density at radius 1 is 1.16 bits per heavy atom. The van der Waals surface area contributed by atoms with Crippen molar-refractivity contribution in [1.82, 2.24) is 0 Å². The molecule has 0 aromatic heterocycles. The first-order valence-electron chi connectivity index (χ1n) is 9.43. The highest BCUT2D eigenvalue weighted by Gasteiger charge is 2.33. The molecular formula is C22H20N2O7S. The maximum atomic E-state index is 12.5. The lowest BCUT2D eigenvalue weighted by atomic mass is 10.1. The monoisotopic (exact) mass is 456 g/mol. The fraction of sp³-hybridized carbons (Fsp3) is 0.182. The van der Waals surface area contributed by atoms with Crippen molar-refractivity contribution >= 4 is 40.2 Å². The van der Waals surface area contributed by atoms with Gasteiger partial charge in [-0.2, -0.15) is 0 Å². The summed E-state index contributed by atoms with van der Waals surface area (Å²) in [5, 5.41) is 21.8. The van der Waals surface area contributed by atoms with Crippen LogP contribution in [0.3, 0.4) is 0 Å². The molecule has 0 spiro atoms. The van der Waals surface area contributed by atoms with E-state index in [1.54, 1.807) is 43.3 Å². The highest BCUT2D eigenvalue weighted by Crippen LogP contribution is 2.41. The Labute approximate surface area is 188 Å². The maximum Gasteiger partial charge on any atom is 0.344 e. The van der Waals surface area contributed by atoms with Crippen molar-refractivity contribution in [2.24, 2.45) is 4.99 Å². The smallest absolute Gasteiger partial charge is 0.344 e. The van der Waals surface area contributed by atoms with Crippen molar-refractivity contribution in [3.8, 4) is 11.5 Å². The molecule has 9 nitrogen and oxygen atoms in total. The summed E-state index contributed by atoms with van der Waals surface area (Å²) >= 11 is 1.08. The van der Waals surface area contributed by atoms with Crippen molar-refractivity contribution in [3.05, 3.63) is 74.4 Å². The fourth-order valence-electron chi connectivity index (χ4n) is 2.85. The predicted octanol–water partition coefficient (Wildman–Crippen LogP) is 4.81. The van der Waals surface area contributed by atoms with Crippen LogP contribution in [0.2, 0.25) is 0 Å². The molecule has 1 heterocycles. The van der Waals surface area contributed by atoms with E-state index in [4.69, 9.17) is 14.2 Å². The molecule has 32 heavy (non-hydrogen) atoms. The van der Waals surface area contributed by atoms with E-state index < -0.39 is 10.9 Å². The van der Waals surface area contributed by atoms with Crippen LogP contribution in [0.1, 0.15) is 12.5 Å². The van der Waals surface area contributed by atoms with Crippen LogP contribution < -0.4 is 9.47 Å². The summed E-state index contributed by atoms with van der Waals surface area (Å²) in [4.78, 5) is 27.7. The zero-order valence-electron chi connectivity index (χ0n) is 17.5. The van der Waals surface area contributed by atoms with Gasteiger partial charge in [-0.3, -0.25) is 10.1 Å². The Morgan fingerprint density at radius 3 is 2.44 bits per heavy atom. The standard InChI is InChI=1S/C22H20N2O7S/c1-4-31-22(26)19-20(25)18(11-13-5-8-15(9-6-13)24(27)28)32-21(19)23-14-7-10-16(29-2)17(12-14)30-3/h5-12,25H,4H2,1-3H3/b18-11+,23-21?. The molecule has 1 aliphatic heterocycles. The summed E-state index contributed by atoms with van der Waals surface area (Å²) in [5.41, 5.74) is 0.991. The SMILES string of the molecule is CCOC(=O)C1=C(O)/C(=C\c2ccc([N+](=O)[O-])cc2)SC1=Nc1ccc(OC)c(OC)c1. The first kappa shape index (κ1) is 22.9. The number of aliphatic hydroxyl groups excluding tert-OH is 1. The number of thioether (sulfide) groups is 1. The molecule has 0 saturated carbocycles. The summed E-state index contributed by atoms with van der Waals surface area (Å²) < 4.78 is 15.6. The number of nitro groups is 1. The van der Waals surface area contributed by atoms with Crippen LogP contribution in [0.4, 0.5) is 11.4 Å². The lowest BCUT2D eigenvalue weighted by molar-refractivity contribution is -0.384. The van der Waals surface area contributed by atoms with Gasteiger partial charge >= 0.3 is 5.97 Å². The largest absolute Gasteiger partial charge is 0.506 e. The van der Waals surface area contributed by atoms with Crippen LogP contribution in [0.5, 0.6) is 11.5 Å². The Bertz CT molecular complexity index is 1140. The molecule has 2 aromatic carbocycles. The third-order valence-electron chi connectivity index (χ3n) is 4.37. The molecule has 0 aliphatic carbocycles. The number of ether oxygens (including phenoxy) is 3. The number of hydrogen-bond donors (Lipinski definition) is 1. The van der Waals surface area contributed by atoms with Crippen molar-refractivity contribution in [2.45, 2.75) is 6.92 Å². The second kappa shape index (κ2) is 10.0. The Kier molecular flexibility index (Phi) is 7.16. The van der Waals surface area contributed by atoms with Crippen molar-refractivity contribution < 1.29 is 29.0 Å². The Balaban J connectivity index is 2.02. The molecule has 0 radical (unpaired) electrons. The summed E-state index contributed by atoms with van der Waals surface area (Å²) in [7, 11) is 3.02. The van der Waals surface area contributed by atoms with E-state index in [9.17, 15) is 20.0 Å². The van der Waals surface area contributed by atoms with Crippen LogP contribution in [0.15, 0.2) is 63.7 Å².